The lowest BCUT2D eigenvalue weighted by molar-refractivity contribution is -0.132. The molecule has 0 spiro atoms. The Morgan fingerprint density at radius 3 is 2.48 bits per heavy atom. The van der Waals surface area contributed by atoms with Crippen LogP contribution in [0.3, 0.4) is 0 Å². The predicted octanol–water partition coefficient (Wildman–Crippen LogP) is 5.09. The summed E-state index contributed by atoms with van der Waals surface area (Å²) in [6, 6.07) is 17.2. The topological polar surface area (TPSA) is 66.8 Å². The van der Waals surface area contributed by atoms with Crippen LogP contribution in [-0.4, -0.2) is 23.4 Å². The van der Waals surface area contributed by atoms with Crippen molar-refractivity contribution in [1.29, 1.82) is 0 Å². The number of Topliss-reactive ketones (excluding diaryl/α,β-unsaturated/α-hetero) is 1. The first-order valence-corrected chi connectivity index (χ1v) is 10.8. The van der Waals surface area contributed by atoms with Gasteiger partial charge in [0.25, 0.3) is 11.7 Å². The van der Waals surface area contributed by atoms with Gasteiger partial charge in [-0.25, -0.2) is 4.39 Å². The first-order chi connectivity index (χ1) is 15.9. The number of ether oxygens (including phenoxy) is 1. The maximum Gasteiger partial charge on any atom is 0.300 e. The molecule has 0 saturated carbocycles. The normalized spacial score (nSPS) is 19.3. The molecule has 3 aromatic carbocycles. The van der Waals surface area contributed by atoms with E-state index in [0.717, 1.165) is 29.7 Å². The summed E-state index contributed by atoms with van der Waals surface area (Å²) in [7, 11) is 0. The second-order valence-electron chi connectivity index (χ2n) is 8.33. The molecule has 6 heteroatoms. The van der Waals surface area contributed by atoms with E-state index in [1.165, 1.54) is 29.2 Å². The lowest BCUT2D eigenvalue weighted by Gasteiger charge is -2.25. The Bertz CT molecular complexity index is 1280. The molecule has 3 aromatic rings. The van der Waals surface area contributed by atoms with E-state index in [4.69, 9.17) is 4.74 Å². The summed E-state index contributed by atoms with van der Waals surface area (Å²) < 4.78 is 19.3. The molecule has 1 N–H and O–H groups in total. The molecule has 1 saturated heterocycles. The first kappa shape index (κ1) is 20.9. The summed E-state index contributed by atoms with van der Waals surface area (Å²) in [5, 5.41) is 11.3. The van der Waals surface area contributed by atoms with Gasteiger partial charge in [0.1, 0.15) is 17.3 Å². The van der Waals surface area contributed by atoms with Crippen molar-refractivity contribution in [3.63, 3.8) is 0 Å². The van der Waals surface area contributed by atoms with E-state index >= 15 is 0 Å². The number of hydrogen-bond donors (Lipinski definition) is 1. The second-order valence-corrected chi connectivity index (χ2v) is 8.33. The quantitative estimate of drug-likeness (QED) is 0.348. The number of halogens is 1. The highest BCUT2D eigenvalue weighted by atomic mass is 19.1. The zero-order valence-electron chi connectivity index (χ0n) is 18.0. The van der Waals surface area contributed by atoms with Crippen molar-refractivity contribution in [2.75, 3.05) is 11.5 Å². The summed E-state index contributed by atoms with van der Waals surface area (Å²) in [4.78, 5) is 27.7. The number of fused-ring (bicyclic) bond motifs is 1. The number of aliphatic hydroxyl groups is 1. The Labute approximate surface area is 190 Å². The average Bonchev–Trinajstić information content (AvgIpc) is 3.10. The van der Waals surface area contributed by atoms with Crippen LogP contribution >= 0.6 is 0 Å². The maximum absolute atomic E-state index is 13.7. The van der Waals surface area contributed by atoms with Gasteiger partial charge in [-0.05, 0) is 73.4 Å². The van der Waals surface area contributed by atoms with Crippen LogP contribution in [0.25, 0.3) is 5.76 Å². The summed E-state index contributed by atoms with van der Waals surface area (Å²) in [5.74, 6) is -1.45. The van der Waals surface area contributed by atoms with Gasteiger partial charge in [0.05, 0.1) is 18.2 Å². The summed E-state index contributed by atoms with van der Waals surface area (Å²) >= 11 is 0. The Morgan fingerprint density at radius 2 is 1.76 bits per heavy atom. The van der Waals surface area contributed by atoms with Crippen LogP contribution in [0.4, 0.5) is 10.1 Å². The predicted molar refractivity (Wildman–Crippen MR) is 123 cm³/mol. The van der Waals surface area contributed by atoms with Gasteiger partial charge < -0.3 is 9.84 Å². The lowest BCUT2D eigenvalue weighted by atomic mass is 9.94. The molecule has 2 aliphatic heterocycles. The highest BCUT2D eigenvalue weighted by Gasteiger charge is 2.47. The van der Waals surface area contributed by atoms with Crippen LogP contribution in [-0.2, 0) is 16.0 Å². The van der Waals surface area contributed by atoms with Crippen molar-refractivity contribution in [2.45, 2.75) is 25.8 Å². The van der Waals surface area contributed by atoms with Gasteiger partial charge in [-0.15, -0.1) is 0 Å². The molecule has 2 heterocycles. The number of hydrogen-bond acceptors (Lipinski definition) is 4. The number of ketones is 1. The largest absolute Gasteiger partial charge is 0.507 e. The summed E-state index contributed by atoms with van der Waals surface area (Å²) in [6.07, 6.45) is 1.67. The molecule has 1 fully saturated rings. The highest BCUT2D eigenvalue weighted by molar-refractivity contribution is 6.51. The van der Waals surface area contributed by atoms with Gasteiger partial charge >= 0.3 is 0 Å². The van der Waals surface area contributed by atoms with Crippen LogP contribution in [0.15, 0.2) is 72.3 Å². The number of aryl methyl sites for hydroxylation is 2. The SMILES string of the molecule is Cc1ccc(N2C(=O)C(=O)/C(=C(\O)c3ccc4c(c3)CCCO4)C2c2ccc(F)cc2)cc1. The Kier molecular flexibility index (Phi) is 5.21. The van der Waals surface area contributed by atoms with Gasteiger partial charge in [0.15, 0.2) is 0 Å². The molecular weight excluding hydrogens is 421 g/mol. The molecule has 1 unspecified atom stereocenters. The molecule has 0 radical (unpaired) electrons. The van der Waals surface area contributed by atoms with Gasteiger partial charge in [0, 0.05) is 11.3 Å². The van der Waals surface area contributed by atoms with Crippen molar-refractivity contribution in [1.82, 2.24) is 0 Å². The Balaban J connectivity index is 1.68. The maximum atomic E-state index is 13.7. The average molecular weight is 443 g/mol. The monoisotopic (exact) mass is 443 g/mol. The number of nitrogens with zero attached hydrogens (tertiary/aromatic N) is 1. The van der Waals surface area contributed by atoms with Crippen molar-refractivity contribution < 1.29 is 23.8 Å². The van der Waals surface area contributed by atoms with E-state index in [1.807, 2.05) is 19.1 Å². The van der Waals surface area contributed by atoms with Crippen LogP contribution in [0.1, 0.15) is 34.7 Å². The van der Waals surface area contributed by atoms with Crippen molar-refractivity contribution >= 4 is 23.1 Å². The number of carbonyl (C=O) groups excluding carboxylic acids is 2. The minimum atomic E-state index is -0.888. The van der Waals surface area contributed by atoms with Crippen LogP contribution < -0.4 is 9.64 Å². The molecule has 5 rings (SSSR count). The molecule has 1 atom stereocenters. The smallest absolute Gasteiger partial charge is 0.300 e. The molecule has 2 aliphatic rings. The molecule has 5 nitrogen and oxygen atoms in total. The van der Waals surface area contributed by atoms with Crippen LogP contribution in [0.2, 0.25) is 0 Å². The molecule has 1 amide bonds. The fourth-order valence-corrected chi connectivity index (χ4v) is 4.43. The van der Waals surface area contributed by atoms with Gasteiger partial charge in [-0.3, -0.25) is 14.5 Å². The number of aliphatic hydroxyl groups excluding tert-OH is 1. The lowest BCUT2D eigenvalue weighted by Crippen LogP contribution is -2.29. The Morgan fingerprint density at radius 1 is 1.03 bits per heavy atom. The third-order valence-electron chi connectivity index (χ3n) is 6.12. The van der Waals surface area contributed by atoms with Crippen molar-refractivity contribution in [3.05, 3.63) is 100 Å². The second kappa shape index (κ2) is 8.20. The fourth-order valence-electron chi connectivity index (χ4n) is 4.43. The third-order valence-corrected chi connectivity index (χ3v) is 6.12. The van der Waals surface area contributed by atoms with Crippen molar-refractivity contribution in [3.8, 4) is 5.75 Å². The first-order valence-electron chi connectivity index (χ1n) is 10.8. The number of benzene rings is 3. The van der Waals surface area contributed by atoms with E-state index in [-0.39, 0.29) is 11.3 Å². The molecule has 0 bridgehead atoms. The number of rotatable bonds is 3. The summed E-state index contributed by atoms with van der Waals surface area (Å²) in [5.41, 5.74) is 3.41. The standard InChI is InChI=1S/C27H22FNO4/c1-16-4-11-21(12-5-16)29-24(17-6-9-20(28)10-7-17)23(26(31)27(29)32)25(30)19-8-13-22-18(15-19)3-2-14-33-22/h4-13,15,24,30H,2-3,14H2,1H3/b25-23-. The van der Waals surface area contributed by atoms with Crippen molar-refractivity contribution in [2.24, 2.45) is 0 Å². The van der Waals surface area contributed by atoms with E-state index in [1.54, 1.807) is 30.3 Å². The van der Waals surface area contributed by atoms with E-state index < -0.39 is 23.5 Å². The Hall–Kier alpha value is -3.93. The van der Waals surface area contributed by atoms with Crippen LogP contribution in [0, 0.1) is 12.7 Å². The van der Waals surface area contributed by atoms with Gasteiger partial charge in [-0.1, -0.05) is 29.8 Å². The zero-order chi connectivity index (χ0) is 23.1. The van der Waals surface area contributed by atoms with E-state index in [9.17, 15) is 19.1 Å². The number of carbonyl (C=O) groups is 2. The third kappa shape index (κ3) is 3.67. The van der Waals surface area contributed by atoms with E-state index in [0.29, 0.717) is 23.4 Å². The van der Waals surface area contributed by atoms with Gasteiger partial charge in [-0.2, -0.15) is 0 Å². The van der Waals surface area contributed by atoms with Gasteiger partial charge in [0.2, 0.25) is 0 Å². The molecule has 166 valence electrons. The molecule has 33 heavy (non-hydrogen) atoms. The minimum Gasteiger partial charge on any atom is -0.507 e. The molecule has 0 aliphatic carbocycles. The number of anilines is 1. The van der Waals surface area contributed by atoms with E-state index in [2.05, 4.69) is 0 Å². The zero-order valence-corrected chi connectivity index (χ0v) is 18.0. The fraction of sp³-hybridized carbons (Fsp3) is 0.185. The highest BCUT2D eigenvalue weighted by Crippen LogP contribution is 2.42. The summed E-state index contributed by atoms with van der Waals surface area (Å²) in [6.45, 7) is 2.57. The van der Waals surface area contributed by atoms with Crippen LogP contribution in [0.5, 0.6) is 5.75 Å². The molecule has 0 aromatic heterocycles. The number of amides is 1. The minimum absolute atomic E-state index is 0.0242. The molecular formula is C27H22FNO4.